The van der Waals surface area contributed by atoms with Crippen molar-refractivity contribution < 1.29 is 18.7 Å². The molecule has 1 saturated heterocycles. The van der Waals surface area contributed by atoms with Gasteiger partial charge in [-0.15, -0.1) is 11.3 Å². The Hall–Kier alpha value is -1.83. The predicted octanol–water partition coefficient (Wildman–Crippen LogP) is 2.43. The molecule has 1 atom stereocenters. The number of thiophene rings is 1. The molecule has 0 bridgehead atoms. The summed E-state index contributed by atoms with van der Waals surface area (Å²) in [6.45, 7) is 8.94. The number of hydrogen-bond donors (Lipinski definition) is 1. The average Bonchev–Trinajstić information content (AvgIpc) is 2.78. The van der Waals surface area contributed by atoms with Crippen molar-refractivity contribution in [1.29, 1.82) is 0 Å². The zero-order chi connectivity index (χ0) is 17.4. The van der Waals surface area contributed by atoms with Gasteiger partial charge in [-0.3, -0.25) is 4.79 Å². The number of hydrogen-bond acceptors (Lipinski definition) is 5. The Kier molecular flexibility index (Phi) is 4.84. The van der Waals surface area contributed by atoms with E-state index in [1.807, 2.05) is 32.6 Å². The molecule has 1 fully saturated rings. The standard InChI is InChI=1S/C15H22FN3O3S/c1-9-8-18(11-7-10(16)12(23-11)13(17)20)5-6-19(9)14(21)22-15(2,3)4/h7,9H,5-6,8H2,1-4H3,(H2,17,20). The molecule has 1 aliphatic rings. The third kappa shape index (κ3) is 4.13. The maximum Gasteiger partial charge on any atom is 0.410 e. The lowest BCUT2D eigenvalue weighted by Gasteiger charge is -2.40. The maximum absolute atomic E-state index is 13.7. The fraction of sp³-hybridized carbons (Fsp3) is 0.600. The SMILES string of the molecule is CC1CN(c2cc(F)c(C(N)=O)s2)CCN1C(=O)OC(C)(C)C. The summed E-state index contributed by atoms with van der Waals surface area (Å²) < 4.78 is 19.1. The maximum atomic E-state index is 13.7. The van der Waals surface area contributed by atoms with Crippen molar-refractivity contribution in [3.63, 3.8) is 0 Å². The quantitative estimate of drug-likeness (QED) is 0.895. The fourth-order valence-corrected chi connectivity index (χ4v) is 3.35. The van der Waals surface area contributed by atoms with Crippen LogP contribution in [0.4, 0.5) is 14.2 Å². The molecule has 2 amide bonds. The van der Waals surface area contributed by atoms with E-state index in [2.05, 4.69) is 0 Å². The van der Waals surface area contributed by atoms with Gasteiger partial charge in [0.1, 0.15) is 16.3 Å². The van der Waals surface area contributed by atoms with Gasteiger partial charge in [-0.2, -0.15) is 0 Å². The number of carbonyl (C=O) groups excluding carboxylic acids is 2. The predicted molar refractivity (Wildman–Crippen MR) is 87.4 cm³/mol. The van der Waals surface area contributed by atoms with Crippen LogP contribution in [0, 0.1) is 5.82 Å². The summed E-state index contributed by atoms with van der Waals surface area (Å²) in [4.78, 5) is 26.9. The van der Waals surface area contributed by atoms with E-state index in [-0.39, 0.29) is 17.0 Å². The van der Waals surface area contributed by atoms with E-state index >= 15 is 0 Å². The number of halogens is 1. The number of amides is 2. The van der Waals surface area contributed by atoms with Gasteiger partial charge in [0.2, 0.25) is 0 Å². The number of ether oxygens (including phenoxy) is 1. The lowest BCUT2D eigenvalue weighted by Crippen LogP contribution is -2.55. The van der Waals surface area contributed by atoms with Gasteiger partial charge in [0.25, 0.3) is 5.91 Å². The van der Waals surface area contributed by atoms with Gasteiger partial charge in [-0.05, 0) is 27.7 Å². The first-order valence-electron chi connectivity index (χ1n) is 7.42. The third-order valence-electron chi connectivity index (χ3n) is 3.46. The van der Waals surface area contributed by atoms with Crippen LogP contribution < -0.4 is 10.6 Å². The van der Waals surface area contributed by atoms with Gasteiger partial charge in [0.15, 0.2) is 0 Å². The molecule has 128 valence electrons. The molecule has 0 spiro atoms. The van der Waals surface area contributed by atoms with Crippen molar-refractivity contribution >= 4 is 28.3 Å². The van der Waals surface area contributed by atoms with Gasteiger partial charge in [-0.25, -0.2) is 9.18 Å². The molecular weight excluding hydrogens is 321 g/mol. The summed E-state index contributed by atoms with van der Waals surface area (Å²) in [5.74, 6) is -1.36. The summed E-state index contributed by atoms with van der Waals surface area (Å²) in [6, 6.07) is 1.24. The summed E-state index contributed by atoms with van der Waals surface area (Å²) in [5.41, 5.74) is 4.61. The minimum absolute atomic E-state index is 0.0674. The minimum Gasteiger partial charge on any atom is -0.444 e. The number of nitrogens with zero attached hydrogens (tertiary/aromatic N) is 2. The first-order chi connectivity index (χ1) is 10.6. The molecule has 1 aromatic rings. The molecule has 23 heavy (non-hydrogen) atoms. The summed E-state index contributed by atoms with van der Waals surface area (Å²) >= 11 is 1.04. The van der Waals surface area contributed by atoms with E-state index in [1.165, 1.54) is 6.07 Å². The molecule has 2 heterocycles. The Balaban J connectivity index is 2.05. The van der Waals surface area contributed by atoms with Crippen LogP contribution in [0.5, 0.6) is 0 Å². The summed E-state index contributed by atoms with van der Waals surface area (Å²) in [5, 5.41) is 0.645. The number of primary amides is 1. The smallest absolute Gasteiger partial charge is 0.410 e. The third-order valence-corrected chi connectivity index (χ3v) is 4.65. The fourth-order valence-electron chi connectivity index (χ4n) is 2.43. The minimum atomic E-state index is -0.765. The molecular formula is C15H22FN3O3S. The summed E-state index contributed by atoms with van der Waals surface area (Å²) in [7, 11) is 0. The Morgan fingerprint density at radius 2 is 2.04 bits per heavy atom. The largest absolute Gasteiger partial charge is 0.444 e. The first-order valence-corrected chi connectivity index (χ1v) is 8.24. The van der Waals surface area contributed by atoms with E-state index in [0.29, 0.717) is 24.6 Å². The first kappa shape index (κ1) is 17.5. The van der Waals surface area contributed by atoms with Crippen molar-refractivity contribution in [3.05, 3.63) is 16.8 Å². The highest BCUT2D eigenvalue weighted by Gasteiger charge is 2.32. The molecule has 1 aromatic heterocycles. The second-order valence-electron chi connectivity index (χ2n) is 6.59. The number of rotatable bonds is 2. The van der Waals surface area contributed by atoms with Gasteiger partial charge in [-0.1, -0.05) is 0 Å². The van der Waals surface area contributed by atoms with Crippen LogP contribution in [-0.2, 0) is 4.74 Å². The molecule has 0 saturated carbocycles. The van der Waals surface area contributed by atoms with Crippen LogP contribution in [0.3, 0.4) is 0 Å². The van der Waals surface area contributed by atoms with Crippen LogP contribution in [-0.4, -0.2) is 48.2 Å². The number of carbonyl (C=O) groups is 2. The molecule has 0 radical (unpaired) electrons. The van der Waals surface area contributed by atoms with Crippen molar-refractivity contribution in [3.8, 4) is 0 Å². The van der Waals surface area contributed by atoms with Crippen molar-refractivity contribution in [1.82, 2.24) is 4.90 Å². The monoisotopic (exact) mass is 343 g/mol. The lowest BCUT2D eigenvalue weighted by molar-refractivity contribution is 0.0159. The Bertz CT molecular complexity index is 612. The molecule has 0 aliphatic carbocycles. The van der Waals surface area contributed by atoms with E-state index in [4.69, 9.17) is 10.5 Å². The number of anilines is 1. The van der Waals surface area contributed by atoms with Gasteiger partial charge in [0.05, 0.1) is 5.00 Å². The molecule has 1 unspecified atom stereocenters. The molecule has 8 heteroatoms. The van der Waals surface area contributed by atoms with Crippen LogP contribution in [0.25, 0.3) is 0 Å². The zero-order valence-corrected chi connectivity index (χ0v) is 14.6. The average molecular weight is 343 g/mol. The van der Waals surface area contributed by atoms with E-state index in [9.17, 15) is 14.0 Å². The zero-order valence-electron chi connectivity index (χ0n) is 13.8. The van der Waals surface area contributed by atoms with Gasteiger partial charge >= 0.3 is 6.09 Å². The topological polar surface area (TPSA) is 75.9 Å². The van der Waals surface area contributed by atoms with Crippen molar-refractivity contribution in [2.75, 3.05) is 24.5 Å². The molecule has 0 aromatic carbocycles. The molecule has 2 N–H and O–H groups in total. The number of piperazine rings is 1. The van der Waals surface area contributed by atoms with Crippen LogP contribution in [0.15, 0.2) is 6.07 Å². The van der Waals surface area contributed by atoms with E-state index in [0.717, 1.165) is 11.3 Å². The second-order valence-corrected chi connectivity index (χ2v) is 7.63. The lowest BCUT2D eigenvalue weighted by atomic mass is 10.2. The van der Waals surface area contributed by atoms with E-state index < -0.39 is 17.3 Å². The Morgan fingerprint density at radius 3 is 2.52 bits per heavy atom. The number of nitrogens with two attached hydrogens (primary N) is 1. The molecule has 6 nitrogen and oxygen atoms in total. The van der Waals surface area contributed by atoms with Crippen LogP contribution in [0.2, 0.25) is 0 Å². The normalized spacial score (nSPS) is 18.9. The second kappa shape index (κ2) is 6.35. The van der Waals surface area contributed by atoms with Crippen LogP contribution in [0.1, 0.15) is 37.4 Å². The van der Waals surface area contributed by atoms with Gasteiger partial charge in [0, 0.05) is 31.7 Å². The summed E-state index contributed by atoms with van der Waals surface area (Å²) in [6.07, 6.45) is -0.347. The Morgan fingerprint density at radius 1 is 1.39 bits per heavy atom. The molecule has 2 rings (SSSR count). The highest BCUT2D eigenvalue weighted by Crippen LogP contribution is 2.31. The highest BCUT2D eigenvalue weighted by molar-refractivity contribution is 7.18. The van der Waals surface area contributed by atoms with E-state index in [1.54, 1.807) is 4.90 Å². The highest BCUT2D eigenvalue weighted by atomic mass is 32.1. The van der Waals surface area contributed by atoms with Crippen LogP contribution >= 0.6 is 11.3 Å². The van der Waals surface area contributed by atoms with Crippen molar-refractivity contribution in [2.45, 2.75) is 39.3 Å². The Labute approximate surface area is 139 Å². The van der Waals surface area contributed by atoms with Crippen molar-refractivity contribution in [2.24, 2.45) is 5.73 Å². The molecule has 1 aliphatic heterocycles. The van der Waals surface area contributed by atoms with Gasteiger partial charge < -0.3 is 20.3 Å².